The van der Waals surface area contributed by atoms with Crippen molar-refractivity contribution in [2.75, 3.05) is 18.0 Å². The molecule has 2 aromatic heterocycles. The summed E-state index contributed by atoms with van der Waals surface area (Å²) in [6.45, 7) is 2.56. The molecule has 1 fully saturated rings. The first-order chi connectivity index (χ1) is 11.8. The van der Waals surface area contributed by atoms with Gasteiger partial charge < -0.3 is 4.90 Å². The Hall–Kier alpha value is -2.52. The zero-order valence-electron chi connectivity index (χ0n) is 13.3. The molecule has 0 bridgehead atoms. The Morgan fingerprint density at radius 1 is 1.24 bits per heavy atom. The van der Waals surface area contributed by atoms with Gasteiger partial charge in [-0.3, -0.25) is 4.79 Å². The van der Waals surface area contributed by atoms with Crippen LogP contribution in [-0.2, 0) is 19.1 Å². The number of anilines is 1. The molecule has 0 spiro atoms. The molecular weight excluding hydrogens is 342 g/mol. The fourth-order valence-corrected chi connectivity index (χ4v) is 2.70. The minimum Gasteiger partial charge on any atom is -0.353 e. The molecule has 3 rings (SSSR count). The maximum absolute atomic E-state index is 14.2. The number of alkyl halides is 3. The fourth-order valence-electron chi connectivity index (χ4n) is 2.70. The van der Waals surface area contributed by atoms with Crippen molar-refractivity contribution in [2.45, 2.75) is 26.1 Å². The van der Waals surface area contributed by atoms with Crippen LogP contribution in [0.4, 0.5) is 23.4 Å². The molecule has 25 heavy (non-hydrogen) atoms. The normalized spacial score (nSPS) is 15.3. The van der Waals surface area contributed by atoms with Crippen molar-refractivity contribution >= 4 is 5.82 Å². The van der Waals surface area contributed by atoms with Gasteiger partial charge in [0.1, 0.15) is 6.33 Å². The first-order valence-corrected chi connectivity index (χ1v) is 7.69. The molecule has 0 unspecified atom stereocenters. The smallest absolute Gasteiger partial charge is 0.353 e. The van der Waals surface area contributed by atoms with E-state index in [0.29, 0.717) is 31.3 Å². The minimum absolute atomic E-state index is 0.0343. The molecule has 3 heterocycles. The van der Waals surface area contributed by atoms with Crippen LogP contribution in [0.3, 0.4) is 0 Å². The number of hydrogen-bond donors (Lipinski definition) is 0. The molecule has 0 amide bonds. The van der Waals surface area contributed by atoms with E-state index in [1.54, 1.807) is 11.8 Å². The molecule has 1 saturated heterocycles. The Kier molecular flexibility index (Phi) is 4.44. The van der Waals surface area contributed by atoms with Gasteiger partial charge in [-0.1, -0.05) is 6.92 Å². The monoisotopic (exact) mass is 357 g/mol. The van der Waals surface area contributed by atoms with Gasteiger partial charge in [-0.2, -0.15) is 18.3 Å². The molecule has 134 valence electrons. The van der Waals surface area contributed by atoms with Gasteiger partial charge in [0.05, 0.1) is 12.2 Å². The van der Waals surface area contributed by atoms with E-state index < -0.39 is 23.2 Å². The summed E-state index contributed by atoms with van der Waals surface area (Å²) in [5.41, 5.74) is -1.41. The van der Waals surface area contributed by atoms with Crippen LogP contribution in [0, 0.1) is 11.7 Å². The van der Waals surface area contributed by atoms with Gasteiger partial charge in [0.15, 0.2) is 17.3 Å². The second-order valence-corrected chi connectivity index (χ2v) is 5.82. The maximum atomic E-state index is 14.2. The summed E-state index contributed by atoms with van der Waals surface area (Å²) >= 11 is 0. The van der Waals surface area contributed by atoms with Crippen LogP contribution in [0.25, 0.3) is 0 Å². The van der Waals surface area contributed by atoms with E-state index in [-0.39, 0.29) is 18.3 Å². The van der Waals surface area contributed by atoms with E-state index in [1.807, 2.05) is 0 Å². The van der Waals surface area contributed by atoms with Gasteiger partial charge in [-0.25, -0.2) is 19.0 Å². The number of hydrogen-bond acceptors (Lipinski definition) is 5. The summed E-state index contributed by atoms with van der Waals surface area (Å²) in [5.74, 6) is -0.432. The van der Waals surface area contributed by atoms with Crippen molar-refractivity contribution in [1.29, 1.82) is 0 Å². The van der Waals surface area contributed by atoms with Gasteiger partial charge in [0.2, 0.25) is 0 Å². The molecule has 0 aromatic carbocycles. The first-order valence-electron chi connectivity index (χ1n) is 7.69. The van der Waals surface area contributed by atoms with Crippen LogP contribution in [-0.4, -0.2) is 32.8 Å². The highest BCUT2D eigenvalue weighted by Crippen LogP contribution is 2.28. The molecule has 1 aliphatic heterocycles. The van der Waals surface area contributed by atoms with Gasteiger partial charge in [0.25, 0.3) is 5.56 Å². The lowest BCUT2D eigenvalue weighted by molar-refractivity contribution is -0.142. The summed E-state index contributed by atoms with van der Waals surface area (Å²) in [4.78, 5) is 21.1. The zero-order valence-corrected chi connectivity index (χ0v) is 13.3. The average molecular weight is 357 g/mol. The van der Waals surface area contributed by atoms with Gasteiger partial charge in [-0.15, -0.1) is 0 Å². The molecular formula is C15H15F4N5O. The van der Waals surface area contributed by atoms with Crippen molar-refractivity contribution in [3.05, 3.63) is 46.0 Å². The quantitative estimate of drug-likeness (QED) is 0.782. The molecule has 1 aliphatic rings. The highest BCUT2D eigenvalue weighted by molar-refractivity contribution is 5.43. The summed E-state index contributed by atoms with van der Waals surface area (Å²) < 4.78 is 53.1. The van der Waals surface area contributed by atoms with Crippen molar-refractivity contribution in [3.63, 3.8) is 0 Å². The Morgan fingerprint density at radius 3 is 2.60 bits per heavy atom. The van der Waals surface area contributed by atoms with Crippen LogP contribution >= 0.6 is 0 Å². The van der Waals surface area contributed by atoms with E-state index in [1.165, 1.54) is 6.33 Å². The van der Waals surface area contributed by atoms with Crippen LogP contribution in [0.5, 0.6) is 0 Å². The number of nitrogens with zero attached hydrogens (tertiary/aromatic N) is 5. The number of halogens is 4. The largest absolute Gasteiger partial charge is 0.435 e. The van der Waals surface area contributed by atoms with Crippen LogP contribution < -0.4 is 10.5 Å². The van der Waals surface area contributed by atoms with Gasteiger partial charge in [-0.05, 0) is 12.5 Å². The van der Waals surface area contributed by atoms with Crippen molar-refractivity contribution in [1.82, 2.24) is 19.7 Å². The molecule has 0 N–H and O–H groups in total. The Balaban J connectivity index is 1.70. The fraction of sp³-hybridized carbons (Fsp3) is 0.467. The van der Waals surface area contributed by atoms with Crippen molar-refractivity contribution in [2.24, 2.45) is 5.92 Å². The highest BCUT2D eigenvalue weighted by atomic mass is 19.4. The molecule has 2 aromatic rings. The number of aromatic nitrogens is 4. The van der Waals surface area contributed by atoms with Crippen LogP contribution in [0.2, 0.25) is 0 Å². The van der Waals surface area contributed by atoms with E-state index in [9.17, 15) is 22.4 Å². The molecule has 10 heteroatoms. The Bertz CT molecular complexity index is 829. The van der Waals surface area contributed by atoms with Crippen LogP contribution in [0.15, 0.2) is 23.3 Å². The van der Waals surface area contributed by atoms with Crippen LogP contribution in [0.1, 0.15) is 18.3 Å². The van der Waals surface area contributed by atoms with Crippen molar-refractivity contribution < 1.29 is 17.6 Å². The summed E-state index contributed by atoms with van der Waals surface area (Å²) in [5, 5.41) is 3.37. The third-order valence-corrected chi connectivity index (χ3v) is 4.02. The molecule has 0 aliphatic carbocycles. The van der Waals surface area contributed by atoms with Crippen molar-refractivity contribution in [3.8, 4) is 0 Å². The first kappa shape index (κ1) is 17.3. The molecule has 0 saturated carbocycles. The average Bonchev–Trinajstić information content (AvgIpc) is 2.52. The van der Waals surface area contributed by atoms with E-state index >= 15 is 0 Å². The summed E-state index contributed by atoms with van der Waals surface area (Å²) in [6.07, 6.45) is -2.90. The van der Waals surface area contributed by atoms with E-state index in [4.69, 9.17) is 0 Å². The maximum Gasteiger partial charge on any atom is 0.435 e. The standard InChI is InChI=1S/C15H15F4N5O/c1-2-10-13(16)14(21-8-20-10)23-5-9(6-23)7-24-12(25)4-3-11(22-24)15(17,18)19/h3-4,8-9H,2,5-7H2,1H3. The lowest BCUT2D eigenvalue weighted by Crippen LogP contribution is -2.50. The summed E-state index contributed by atoms with van der Waals surface area (Å²) in [6, 6.07) is 1.51. The third kappa shape index (κ3) is 3.47. The zero-order chi connectivity index (χ0) is 18.2. The van der Waals surface area contributed by atoms with Gasteiger partial charge >= 0.3 is 6.18 Å². The molecule has 0 radical (unpaired) electrons. The van der Waals surface area contributed by atoms with E-state index in [2.05, 4.69) is 15.1 Å². The predicted molar refractivity (Wildman–Crippen MR) is 80.6 cm³/mol. The highest BCUT2D eigenvalue weighted by Gasteiger charge is 2.35. The summed E-state index contributed by atoms with van der Waals surface area (Å²) in [7, 11) is 0. The van der Waals surface area contributed by atoms with E-state index in [0.717, 1.165) is 10.7 Å². The second-order valence-electron chi connectivity index (χ2n) is 5.82. The SMILES string of the molecule is CCc1ncnc(N2CC(Cn3nc(C(F)(F)F)ccc3=O)C2)c1F. The lowest BCUT2D eigenvalue weighted by atomic mass is 10.00. The van der Waals surface area contributed by atoms with Gasteiger partial charge in [0, 0.05) is 25.1 Å². The third-order valence-electron chi connectivity index (χ3n) is 4.02. The molecule has 6 nitrogen and oxygen atoms in total. The Labute approximate surface area is 140 Å². The number of rotatable bonds is 4. The Morgan fingerprint density at radius 2 is 1.96 bits per heavy atom. The second kappa shape index (κ2) is 6.41. The minimum atomic E-state index is -4.61. The lowest BCUT2D eigenvalue weighted by Gasteiger charge is -2.40. The predicted octanol–water partition coefficient (Wildman–Crippen LogP) is 1.89. The molecule has 0 atom stereocenters. The number of aryl methyl sites for hydroxylation is 1. The topological polar surface area (TPSA) is 63.9 Å².